The maximum Gasteiger partial charge on any atom is 0.335 e. The number of amides is 3. The number of fused-ring (bicyclic) bond motifs is 1. The second-order valence-electron chi connectivity index (χ2n) is 5.60. The quantitative estimate of drug-likeness (QED) is 0.817. The van der Waals surface area contributed by atoms with Gasteiger partial charge >= 0.3 is 12.0 Å². The lowest BCUT2D eigenvalue weighted by Gasteiger charge is -2.44. The number of benzene rings is 1. The number of urea groups is 1. The van der Waals surface area contributed by atoms with Crippen LogP contribution in [0.3, 0.4) is 0 Å². The SMILES string of the molecule is O=C(O)c1cccc(N2C(=O)NC(=O)C3CCC(Cl)CC32)c1. The lowest BCUT2D eigenvalue weighted by atomic mass is 9.81. The molecule has 2 aliphatic rings. The minimum absolute atomic E-state index is 0.0925. The Bertz CT molecular complexity index is 648. The fourth-order valence-corrected chi connectivity index (χ4v) is 3.50. The number of halogens is 1. The van der Waals surface area contributed by atoms with Crippen molar-refractivity contribution in [1.82, 2.24) is 5.32 Å². The molecule has 0 radical (unpaired) electrons. The number of rotatable bonds is 2. The number of carbonyl (C=O) groups is 3. The Balaban J connectivity index is 1.99. The molecule has 7 heteroatoms. The minimum atomic E-state index is -1.06. The van der Waals surface area contributed by atoms with E-state index < -0.39 is 12.0 Å². The van der Waals surface area contributed by atoms with Crippen molar-refractivity contribution in [3.63, 3.8) is 0 Å². The first kappa shape index (κ1) is 14.8. The molecule has 1 aromatic rings. The van der Waals surface area contributed by atoms with Gasteiger partial charge in [0.2, 0.25) is 5.91 Å². The molecular weight excluding hydrogens is 308 g/mol. The number of anilines is 1. The topological polar surface area (TPSA) is 86.7 Å². The molecule has 0 aromatic heterocycles. The lowest BCUT2D eigenvalue weighted by molar-refractivity contribution is -0.126. The number of nitrogens with zero attached hydrogens (tertiary/aromatic N) is 1. The van der Waals surface area contributed by atoms with Gasteiger partial charge in [0.05, 0.1) is 17.5 Å². The summed E-state index contributed by atoms with van der Waals surface area (Å²) in [6.45, 7) is 0. The molecule has 22 heavy (non-hydrogen) atoms. The molecule has 0 spiro atoms. The van der Waals surface area contributed by atoms with Gasteiger partial charge < -0.3 is 5.11 Å². The summed E-state index contributed by atoms with van der Waals surface area (Å²) in [5, 5.41) is 11.4. The summed E-state index contributed by atoms with van der Waals surface area (Å²) < 4.78 is 0. The Morgan fingerprint density at radius 2 is 2.09 bits per heavy atom. The summed E-state index contributed by atoms with van der Waals surface area (Å²) in [6.07, 6.45) is 1.86. The molecule has 3 atom stereocenters. The summed E-state index contributed by atoms with van der Waals surface area (Å²) >= 11 is 6.20. The summed E-state index contributed by atoms with van der Waals surface area (Å²) in [7, 11) is 0. The fraction of sp³-hybridized carbons (Fsp3) is 0.400. The van der Waals surface area contributed by atoms with E-state index in [9.17, 15) is 14.4 Å². The third kappa shape index (κ3) is 2.54. The number of nitrogens with one attached hydrogen (secondary N) is 1. The van der Waals surface area contributed by atoms with E-state index in [1.54, 1.807) is 12.1 Å². The van der Waals surface area contributed by atoms with Gasteiger partial charge in [-0.3, -0.25) is 15.0 Å². The third-order valence-electron chi connectivity index (χ3n) is 4.24. The molecule has 3 unspecified atom stereocenters. The van der Waals surface area contributed by atoms with E-state index >= 15 is 0 Å². The maximum atomic E-state index is 12.3. The van der Waals surface area contributed by atoms with Crippen LogP contribution < -0.4 is 10.2 Å². The molecule has 1 aliphatic carbocycles. The zero-order valence-electron chi connectivity index (χ0n) is 11.7. The van der Waals surface area contributed by atoms with Crippen LogP contribution in [0, 0.1) is 5.92 Å². The smallest absolute Gasteiger partial charge is 0.335 e. The highest BCUT2D eigenvalue weighted by Gasteiger charge is 2.45. The Labute approximate surface area is 132 Å². The summed E-state index contributed by atoms with van der Waals surface area (Å²) in [6, 6.07) is 5.28. The number of carbonyl (C=O) groups excluding carboxylic acids is 2. The van der Waals surface area contributed by atoms with Gasteiger partial charge in [-0.2, -0.15) is 0 Å². The van der Waals surface area contributed by atoms with Crippen molar-refractivity contribution in [2.45, 2.75) is 30.7 Å². The number of hydrogen-bond donors (Lipinski definition) is 2. The highest BCUT2D eigenvalue weighted by atomic mass is 35.5. The molecule has 116 valence electrons. The highest BCUT2D eigenvalue weighted by molar-refractivity contribution is 6.21. The molecule has 1 saturated heterocycles. The predicted molar refractivity (Wildman–Crippen MR) is 80.2 cm³/mol. The first-order chi connectivity index (χ1) is 10.5. The number of aromatic carboxylic acids is 1. The van der Waals surface area contributed by atoms with Crippen molar-refractivity contribution in [2.75, 3.05) is 4.90 Å². The average molecular weight is 323 g/mol. The molecule has 2 N–H and O–H groups in total. The van der Waals surface area contributed by atoms with Crippen LogP contribution in [-0.2, 0) is 4.79 Å². The van der Waals surface area contributed by atoms with E-state index in [2.05, 4.69) is 5.32 Å². The van der Waals surface area contributed by atoms with E-state index in [-0.39, 0.29) is 28.8 Å². The van der Waals surface area contributed by atoms with Gasteiger partial charge in [0, 0.05) is 11.1 Å². The van der Waals surface area contributed by atoms with Crippen LogP contribution in [0.25, 0.3) is 0 Å². The van der Waals surface area contributed by atoms with E-state index in [0.717, 1.165) is 6.42 Å². The Hall–Kier alpha value is -2.08. The number of hydrogen-bond acceptors (Lipinski definition) is 3. The number of alkyl halides is 1. The number of carboxylic acids is 1. The highest BCUT2D eigenvalue weighted by Crippen LogP contribution is 2.36. The van der Waals surface area contributed by atoms with Gasteiger partial charge in [-0.1, -0.05) is 6.07 Å². The van der Waals surface area contributed by atoms with Crippen LogP contribution in [0.1, 0.15) is 29.6 Å². The van der Waals surface area contributed by atoms with E-state index in [1.165, 1.54) is 17.0 Å². The molecule has 1 heterocycles. The summed E-state index contributed by atoms with van der Waals surface area (Å²) in [4.78, 5) is 36.8. The van der Waals surface area contributed by atoms with Gasteiger partial charge in [-0.15, -0.1) is 11.6 Å². The molecule has 0 bridgehead atoms. The van der Waals surface area contributed by atoms with Crippen molar-refractivity contribution in [1.29, 1.82) is 0 Å². The van der Waals surface area contributed by atoms with Gasteiger partial charge in [-0.05, 0) is 37.5 Å². The first-order valence-corrected chi connectivity index (χ1v) is 7.52. The molecule has 1 aromatic carbocycles. The third-order valence-corrected chi connectivity index (χ3v) is 4.64. The molecule has 6 nitrogen and oxygen atoms in total. The molecular formula is C15H15ClN2O4. The van der Waals surface area contributed by atoms with Gasteiger partial charge in [-0.25, -0.2) is 9.59 Å². The second-order valence-corrected chi connectivity index (χ2v) is 6.22. The van der Waals surface area contributed by atoms with Crippen molar-refractivity contribution >= 4 is 35.2 Å². The Kier molecular flexibility index (Phi) is 3.78. The average Bonchev–Trinajstić information content (AvgIpc) is 2.47. The molecule has 2 fully saturated rings. The van der Waals surface area contributed by atoms with Crippen LogP contribution in [0.4, 0.5) is 10.5 Å². The fourth-order valence-electron chi connectivity index (χ4n) is 3.19. The van der Waals surface area contributed by atoms with E-state index in [0.29, 0.717) is 18.5 Å². The van der Waals surface area contributed by atoms with Crippen LogP contribution in [0.15, 0.2) is 24.3 Å². The summed E-state index contributed by atoms with van der Waals surface area (Å²) in [5.74, 6) is -1.64. The zero-order chi connectivity index (χ0) is 15.9. The lowest BCUT2D eigenvalue weighted by Crippen LogP contribution is -2.62. The standard InChI is InChI=1S/C15H15ClN2O4/c16-9-4-5-11-12(7-9)18(15(22)17-13(11)19)10-3-1-2-8(6-10)14(20)21/h1-3,6,9,11-12H,4-5,7H2,(H,20,21)(H,17,19,22). The van der Waals surface area contributed by atoms with Crippen molar-refractivity contribution in [3.8, 4) is 0 Å². The van der Waals surface area contributed by atoms with Crippen LogP contribution in [-0.4, -0.2) is 34.4 Å². The minimum Gasteiger partial charge on any atom is -0.478 e. The maximum absolute atomic E-state index is 12.3. The van der Waals surface area contributed by atoms with E-state index in [1.807, 2.05) is 0 Å². The molecule has 3 amide bonds. The van der Waals surface area contributed by atoms with E-state index in [4.69, 9.17) is 16.7 Å². The monoisotopic (exact) mass is 322 g/mol. The zero-order valence-corrected chi connectivity index (χ0v) is 12.4. The molecule has 1 aliphatic heterocycles. The van der Waals surface area contributed by atoms with Crippen LogP contribution >= 0.6 is 11.6 Å². The van der Waals surface area contributed by atoms with Crippen molar-refractivity contribution in [2.24, 2.45) is 5.92 Å². The van der Waals surface area contributed by atoms with Gasteiger partial charge in [0.1, 0.15) is 0 Å². The largest absolute Gasteiger partial charge is 0.478 e. The van der Waals surface area contributed by atoms with Crippen LogP contribution in [0.2, 0.25) is 0 Å². The second kappa shape index (κ2) is 5.61. The Morgan fingerprint density at radius 3 is 2.82 bits per heavy atom. The van der Waals surface area contributed by atoms with Crippen molar-refractivity contribution in [3.05, 3.63) is 29.8 Å². The molecule has 1 saturated carbocycles. The predicted octanol–water partition coefficient (Wildman–Crippen LogP) is 2.22. The normalized spacial score (nSPS) is 28.0. The molecule has 3 rings (SSSR count). The van der Waals surface area contributed by atoms with Gasteiger partial charge in [0.25, 0.3) is 0 Å². The van der Waals surface area contributed by atoms with Gasteiger partial charge in [0.15, 0.2) is 0 Å². The Morgan fingerprint density at radius 1 is 1.32 bits per heavy atom. The summed E-state index contributed by atoms with van der Waals surface area (Å²) in [5.41, 5.74) is 0.558. The number of imide groups is 1. The van der Waals surface area contributed by atoms with Crippen LogP contribution in [0.5, 0.6) is 0 Å². The number of carboxylic acid groups (broad SMARTS) is 1. The first-order valence-electron chi connectivity index (χ1n) is 7.09. The van der Waals surface area contributed by atoms with Crippen molar-refractivity contribution < 1.29 is 19.5 Å².